The fraction of sp³-hybridized carbons (Fsp3) is 0.353. The van der Waals surface area contributed by atoms with Crippen LogP contribution in [0.15, 0.2) is 34.8 Å². The third kappa shape index (κ3) is 4.55. The summed E-state index contributed by atoms with van der Waals surface area (Å²) in [5.74, 6) is 1.44. The molecule has 0 bridgehead atoms. The fourth-order valence-electron chi connectivity index (χ4n) is 2.01. The third-order valence-corrected chi connectivity index (χ3v) is 4.15. The average molecular weight is 349 g/mol. The number of hydrogen-bond donors (Lipinski definition) is 1. The molecule has 0 aliphatic carbocycles. The molecular weight excluding hydrogens is 328 g/mol. The molecule has 21 heavy (non-hydrogen) atoms. The highest BCUT2D eigenvalue weighted by Gasteiger charge is 2.05. The molecule has 0 saturated heterocycles. The summed E-state index contributed by atoms with van der Waals surface area (Å²) >= 11 is 3.49. The number of aromatic nitrogens is 1. The van der Waals surface area contributed by atoms with Crippen LogP contribution in [0.5, 0.6) is 11.6 Å². The summed E-state index contributed by atoms with van der Waals surface area (Å²) < 4.78 is 6.90. The van der Waals surface area contributed by atoms with E-state index in [2.05, 4.69) is 39.2 Å². The summed E-state index contributed by atoms with van der Waals surface area (Å²) in [5.41, 5.74) is 3.36. The Labute approximate surface area is 134 Å². The van der Waals surface area contributed by atoms with Gasteiger partial charge in [-0.3, -0.25) is 0 Å². The first kappa shape index (κ1) is 16.0. The lowest BCUT2D eigenvalue weighted by Gasteiger charge is -2.10. The predicted molar refractivity (Wildman–Crippen MR) is 89.9 cm³/mol. The molecule has 0 atom stereocenters. The number of pyridine rings is 1. The van der Waals surface area contributed by atoms with Crippen LogP contribution in [0.4, 0.5) is 0 Å². The van der Waals surface area contributed by atoms with Crippen molar-refractivity contribution in [3.8, 4) is 11.6 Å². The molecule has 0 aliphatic heterocycles. The van der Waals surface area contributed by atoms with Gasteiger partial charge in [-0.1, -0.05) is 28.9 Å². The van der Waals surface area contributed by atoms with Crippen LogP contribution in [-0.2, 0) is 6.54 Å². The molecule has 0 spiro atoms. The number of halogens is 1. The Morgan fingerprint density at radius 2 is 2.00 bits per heavy atom. The van der Waals surface area contributed by atoms with Gasteiger partial charge in [0.1, 0.15) is 5.75 Å². The van der Waals surface area contributed by atoms with Crippen LogP contribution >= 0.6 is 15.9 Å². The van der Waals surface area contributed by atoms with Crippen molar-refractivity contribution in [3.05, 3.63) is 51.6 Å². The summed E-state index contributed by atoms with van der Waals surface area (Å²) in [6, 6.07) is 9.92. The Kier molecular flexibility index (Phi) is 5.76. The zero-order valence-corrected chi connectivity index (χ0v) is 14.3. The molecule has 112 valence electrons. The molecule has 1 heterocycles. The van der Waals surface area contributed by atoms with Gasteiger partial charge in [0.25, 0.3) is 0 Å². The highest BCUT2D eigenvalue weighted by molar-refractivity contribution is 9.10. The van der Waals surface area contributed by atoms with Crippen molar-refractivity contribution in [2.45, 2.75) is 33.7 Å². The van der Waals surface area contributed by atoms with Gasteiger partial charge in [0.05, 0.1) is 0 Å². The van der Waals surface area contributed by atoms with Gasteiger partial charge >= 0.3 is 0 Å². The number of benzene rings is 1. The Morgan fingerprint density at radius 3 is 2.67 bits per heavy atom. The summed E-state index contributed by atoms with van der Waals surface area (Å²) in [7, 11) is 0. The molecule has 1 N–H and O–H groups in total. The molecule has 0 radical (unpaired) electrons. The van der Waals surface area contributed by atoms with E-state index in [1.54, 1.807) is 0 Å². The zero-order valence-electron chi connectivity index (χ0n) is 12.7. The summed E-state index contributed by atoms with van der Waals surface area (Å²) in [6.07, 6.45) is 1.14. The highest BCUT2D eigenvalue weighted by Crippen LogP contribution is 2.25. The molecule has 4 heteroatoms. The standard InChI is InChI=1S/C17H21BrN2O/c1-4-9-19-11-14-5-8-17(20-13(14)3)21-15-6-7-16(18)12(2)10-15/h5-8,10,19H,4,9,11H2,1-3H3. The monoisotopic (exact) mass is 348 g/mol. The van der Waals surface area contributed by atoms with E-state index in [0.29, 0.717) is 5.88 Å². The van der Waals surface area contributed by atoms with Gasteiger partial charge in [-0.15, -0.1) is 0 Å². The molecule has 0 amide bonds. The maximum absolute atomic E-state index is 5.82. The molecule has 1 aromatic carbocycles. The molecular formula is C17H21BrN2O. The Morgan fingerprint density at radius 1 is 1.19 bits per heavy atom. The van der Waals surface area contributed by atoms with E-state index < -0.39 is 0 Å². The van der Waals surface area contributed by atoms with Crippen LogP contribution in [0.3, 0.4) is 0 Å². The molecule has 0 fully saturated rings. The topological polar surface area (TPSA) is 34.1 Å². The normalized spacial score (nSPS) is 10.7. The van der Waals surface area contributed by atoms with E-state index in [1.165, 1.54) is 5.56 Å². The lowest BCUT2D eigenvalue weighted by atomic mass is 10.2. The molecule has 1 aromatic heterocycles. The lowest BCUT2D eigenvalue weighted by molar-refractivity contribution is 0.460. The lowest BCUT2D eigenvalue weighted by Crippen LogP contribution is -2.15. The minimum atomic E-state index is 0.633. The van der Waals surface area contributed by atoms with Gasteiger partial charge in [-0.05, 0) is 56.1 Å². The van der Waals surface area contributed by atoms with Crippen LogP contribution in [0.25, 0.3) is 0 Å². The number of ether oxygens (including phenoxy) is 1. The minimum absolute atomic E-state index is 0.633. The van der Waals surface area contributed by atoms with E-state index in [0.717, 1.165) is 41.0 Å². The first-order valence-electron chi connectivity index (χ1n) is 7.21. The molecule has 0 unspecified atom stereocenters. The van der Waals surface area contributed by atoms with Gasteiger partial charge in [0, 0.05) is 22.8 Å². The second-order valence-electron chi connectivity index (χ2n) is 5.08. The zero-order chi connectivity index (χ0) is 15.2. The number of nitrogens with zero attached hydrogens (tertiary/aromatic N) is 1. The van der Waals surface area contributed by atoms with E-state index >= 15 is 0 Å². The smallest absolute Gasteiger partial charge is 0.219 e. The molecule has 2 rings (SSSR count). The van der Waals surface area contributed by atoms with Gasteiger partial charge in [-0.25, -0.2) is 4.98 Å². The molecule has 2 aromatic rings. The predicted octanol–water partition coefficient (Wildman–Crippen LogP) is 4.75. The van der Waals surface area contributed by atoms with Crippen molar-refractivity contribution in [2.24, 2.45) is 0 Å². The van der Waals surface area contributed by atoms with Crippen molar-refractivity contribution in [3.63, 3.8) is 0 Å². The SMILES string of the molecule is CCCNCc1ccc(Oc2ccc(Br)c(C)c2)nc1C. The number of hydrogen-bond acceptors (Lipinski definition) is 3. The van der Waals surface area contributed by atoms with Crippen molar-refractivity contribution < 1.29 is 4.74 Å². The van der Waals surface area contributed by atoms with Crippen LogP contribution in [0, 0.1) is 13.8 Å². The highest BCUT2D eigenvalue weighted by atomic mass is 79.9. The van der Waals surface area contributed by atoms with E-state index in [9.17, 15) is 0 Å². The third-order valence-electron chi connectivity index (χ3n) is 3.26. The maximum Gasteiger partial charge on any atom is 0.219 e. The van der Waals surface area contributed by atoms with Gasteiger partial charge in [0.2, 0.25) is 5.88 Å². The van der Waals surface area contributed by atoms with Crippen LogP contribution in [-0.4, -0.2) is 11.5 Å². The van der Waals surface area contributed by atoms with Crippen molar-refractivity contribution in [2.75, 3.05) is 6.54 Å². The van der Waals surface area contributed by atoms with Crippen molar-refractivity contribution in [1.29, 1.82) is 0 Å². The van der Waals surface area contributed by atoms with E-state index in [-0.39, 0.29) is 0 Å². The molecule has 3 nitrogen and oxygen atoms in total. The van der Waals surface area contributed by atoms with Gasteiger partial charge in [-0.2, -0.15) is 0 Å². The Bertz CT molecular complexity index is 614. The minimum Gasteiger partial charge on any atom is -0.439 e. The Balaban J connectivity index is 2.07. The Hall–Kier alpha value is -1.39. The second kappa shape index (κ2) is 7.57. The number of aryl methyl sites for hydroxylation is 2. The summed E-state index contributed by atoms with van der Waals surface area (Å²) in [5, 5.41) is 3.39. The fourth-order valence-corrected chi connectivity index (χ4v) is 2.26. The summed E-state index contributed by atoms with van der Waals surface area (Å²) in [6.45, 7) is 8.09. The van der Waals surface area contributed by atoms with Crippen LogP contribution in [0.2, 0.25) is 0 Å². The van der Waals surface area contributed by atoms with Crippen molar-refractivity contribution in [1.82, 2.24) is 10.3 Å². The van der Waals surface area contributed by atoms with E-state index in [1.807, 2.05) is 38.1 Å². The second-order valence-corrected chi connectivity index (χ2v) is 5.94. The maximum atomic E-state index is 5.82. The number of nitrogens with one attached hydrogen (secondary N) is 1. The first-order valence-corrected chi connectivity index (χ1v) is 8.00. The molecule has 0 saturated carbocycles. The summed E-state index contributed by atoms with van der Waals surface area (Å²) in [4.78, 5) is 4.53. The first-order chi connectivity index (χ1) is 10.1. The largest absolute Gasteiger partial charge is 0.439 e. The average Bonchev–Trinajstić information content (AvgIpc) is 2.45. The quantitative estimate of drug-likeness (QED) is 0.764. The van der Waals surface area contributed by atoms with Gasteiger partial charge in [0.15, 0.2) is 0 Å². The van der Waals surface area contributed by atoms with Crippen molar-refractivity contribution >= 4 is 15.9 Å². The van der Waals surface area contributed by atoms with E-state index in [4.69, 9.17) is 4.74 Å². The number of rotatable bonds is 6. The molecule has 0 aliphatic rings. The van der Waals surface area contributed by atoms with Crippen LogP contribution in [0.1, 0.15) is 30.2 Å². The van der Waals surface area contributed by atoms with Crippen LogP contribution < -0.4 is 10.1 Å². The van der Waals surface area contributed by atoms with Gasteiger partial charge < -0.3 is 10.1 Å².